The van der Waals surface area contributed by atoms with Crippen LogP contribution in [0.4, 0.5) is 0 Å². The van der Waals surface area contributed by atoms with Crippen molar-refractivity contribution in [2.24, 2.45) is 11.7 Å². The van der Waals surface area contributed by atoms with Crippen LogP contribution in [0, 0.1) is 5.92 Å². The fourth-order valence-corrected chi connectivity index (χ4v) is 3.94. The van der Waals surface area contributed by atoms with Crippen molar-refractivity contribution in [1.82, 2.24) is 0 Å². The van der Waals surface area contributed by atoms with Gasteiger partial charge in [0, 0.05) is 23.9 Å². The zero-order valence-electron chi connectivity index (χ0n) is 9.26. The fraction of sp³-hybridized carbons (Fsp3) is 0.538. The molecule has 3 rings (SSSR count). The maximum absolute atomic E-state index is 6.22. The molecule has 16 heavy (non-hydrogen) atoms. The number of para-hydroxylation sites is 1. The Kier molecular flexibility index (Phi) is 2.82. The summed E-state index contributed by atoms with van der Waals surface area (Å²) in [6, 6.07) is 8.34. The molecule has 0 aliphatic carbocycles. The summed E-state index contributed by atoms with van der Waals surface area (Å²) < 4.78 is 6.09. The minimum atomic E-state index is 0.153. The Hall–Kier alpha value is -0.670. The number of thioether (sulfide) groups is 1. The van der Waals surface area contributed by atoms with Crippen LogP contribution in [0.2, 0.25) is 0 Å². The normalized spacial score (nSPS) is 33.2. The van der Waals surface area contributed by atoms with Gasteiger partial charge in [-0.2, -0.15) is 11.8 Å². The molecule has 0 radical (unpaired) electrons. The molecule has 2 heterocycles. The lowest BCUT2D eigenvalue weighted by Crippen LogP contribution is -2.35. The maximum Gasteiger partial charge on any atom is 0.124 e. The molecule has 2 N–H and O–H groups in total. The predicted octanol–water partition coefficient (Wildman–Crippen LogP) is 2.59. The zero-order valence-corrected chi connectivity index (χ0v) is 10.1. The Morgan fingerprint density at radius 2 is 2.19 bits per heavy atom. The van der Waals surface area contributed by atoms with E-state index >= 15 is 0 Å². The molecule has 0 amide bonds. The van der Waals surface area contributed by atoms with Gasteiger partial charge in [-0.1, -0.05) is 18.2 Å². The molecule has 2 nitrogen and oxygen atoms in total. The quantitative estimate of drug-likeness (QED) is 0.812. The average Bonchev–Trinajstić information content (AvgIpc) is 2.82. The number of nitrogens with two attached hydrogens (primary N) is 1. The SMILES string of the molecule is NC1CC(C2CCSC2)Oc2ccccc21. The summed E-state index contributed by atoms with van der Waals surface area (Å²) in [6.45, 7) is 0. The van der Waals surface area contributed by atoms with E-state index in [9.17, 15) is 0 Å². The molecule has 1 fully saturated rings. The van der Waals surface area contributed by atoms with Gasteiger partial charge in [0.25, 0.3) is 0 Å². The summed E-state index contributed by atoms with van der Waals surface area (Å²) in [5, 5.41) is 0. The summed E-state index contributed by atoms with van der Waals surface area (Å²) in [5.41, 5.74) is 7.39. The highest BCUT2D eigenvalue weighted by atomic mass is 32.2. The second-order valence-electron chi connectivity index (χ2n) is 4.66. The number of fused-ring (bicyclic) bond motifs is 1. The minimum Gasteiger partial charge on any atom is -0.490 e. The van der Waals surface area contributed by atoms with Crippen LogP contribution in [0.25, 0.3) is 0 Å². The van der Waals surface area contributed by atoms with E-state index in [0.717, 1.165) is 12.2 Å². The van der Waals surface area contributed by atoms with Crippen LogP contribution in [0.15, 0.2) is 24.3 Å². The van der Waals surface area contributed by atoms with Crippen LogP contribution in [0.5, 0.6) is 5.75 Å². The number of benzene rings is 1. The van der Waals surface area contributed by atoms with Crippen molar-refractivity contribution in [3.63, 3.8) is 0 Å². The van der Waals surface area contributed by atoms with Gasteiger partial charge >= 0.3 is 0 Å². The van der Waals surface area contributed by atoms with Gasteiger partial charge in [-0.25, -0.2) is 0 Å². The van der Waals surface area contributed by atoms with Gasteiger partial charge in [0.05, 0.1) is 0 Å². The Morgan fingerprint density at radius 3 is 3.00 bits per heavy atom. The smallest absolute Gasteiger partial charge is 0.124 e. The van der Waals surface area contributed by atoms with Crippen molar-refractivity contribution in [1.29, 1.82) is 0 Å². The highest BCUT2D eigenvalue weighted by Crippen LogP contribution is 2.38. The molecule has 3 atom stereocenters. The van der Waals surface area contributed by atoms with Crippen LogP contribution in [0.1, 0.15) is 24.4 Å². The first-order valence-corrected chi connectivity index (χ1v) is 7.09. The summed E-state index contributed by atoms with van der Waals surface area (Å²) >= 11 is 2.04. The van der Waals surface area contributed by atoms with Crippen LogP contribution in [0.3, 0.4) is 0 Å². The first-order chi connectivity index (χ1) is 7.84. The average molecular weight is 235 g/mol. The van der Waals surface area contributed by atoms with Gasteiger partial charge in [0.2, 0.25) is 0 Å². The third kappa shape index (κ3) is 1.82. The van der Waals surface area contributed by atoms with E-state index in [-0.39, 0.29) is 6.04 Å². The molecule has 0 bridgehead atoms. The summed E-state index contributed by atoms with van der Waals surface area (Å²) in [4.78, 5) is 0. The molecular weight excluding hydrogens is 218 g/mol. The summed E-state index contributed by atoms with van der Waals surface area (Å²) in [7, 11) is 0. The summed E-state index contributed by atoms with van der Waals surface area (Å²) in [5.74, 6) is 4.22. The van der Waals surface area contributed by atoms with E-state index in [4.69, 9.17) is 10.5 Å². The van der Waals surface area contributed by atoms with Crippen molar-refractivity contribution < 1.29 is 4.74 Å². The molecule has 86 valence electrons. The van der Waals surface area contributed by atoms with E-state index in [0.29, 0.717) is 12.0 Å². The van der Waals surface area contributed by atoms with Crippen molar-refractivity contribution in [3.05, 3.63) is 29.8 Å². The van der Waals surface area contributed by atoms with Crippen molar-refractivity contribution in [2.45, 2.75) is 25.0 Å². The standard InChI is InChI=1S/C13H17NOS/c14-11-7-13(9-5-6-16-8-9)15-12-4-2-1-3-10(11)12/h1-4,9,11,13H,5-8,14H2. The number of rotatable bonds is 1. The van der Waals surface area contributed by atoms with Gasteiger partial charge in [0.15, 0.2) is 0 Å². The lowest BCUT2D eigenvalue weighted by molar-refractivity contribution is 0.110. The fourth-order valence-electron chi connectivity index (χ4n) is 2.62. The van der Waals surface area contributed by atoms with E-state index in [1.54, 1.807) is 0 Å². The molecule has 1 aromatic carbocycles. The molecule has 1 saturated heterocycles. The zero-order chi connectivity index (χ0) is 11.0. The largest absolute Gasteiger partial charge is 0.490 e. The second kappa shape index (κ2) is 4.30. The van der Waals surface area contributed by atoms with Gasteiger partial charge in [-0.15, -0.1) is 0 Å². The molecule has 3 unspecified atom stereocenters. The van der Waals surface area contributed by atoms with Crippen LogP contribution in [-0.2, 0) is 0 Å². The first kappa shape index (κ1) is 10.5. The van der Waals surface area contributed by atoms with Crippen LogP contribution < -0.4 is 10.5 Å². The second-order valence-corrected chi connectivity index (χ2v) is 5.81. The molecular formula is C13H17NOS. The molecule has 3 heteroatoms. The minimum absolute atomic E-state index is 0.153. The lowest BCUT2D eigenvalue weighted by Gasteiger charge is -2.33. The molecule has 2 aliphatic rings. The predicted molar refractivity (Wildman–Crippen MR) is 67.8 cm³/mol. The monoisotopic (exact) mass is 235 g/mol. The first-order valence-electron chi connectivity index (χ1n) is 5.93. The third-order valence-electron chi connectivity index (χ3n) is 3.57. The molecule has 1 aromatic rings. The van der Waals surface area contributed by atoms with E-state index in [1.807, 2.05) is 30.0 Å². The topological polar surface area (TPSA) is 35.2 Å². The van der Waals surface area contributed by atoms with E-state index in [1.165, 1.54) is 23.5 Å². The van der Waals surface area contributed by atoms with Gasteiger partial charge in [-0.05, 0) is 24.0 Å². The number of ether oxygens (including phenoxy) is 1. The van der Waals surface area contributed by atoms with Crippen molar-refractivity contribution >= 4 is 11.8 Å². The Balaban J connectivity index is 1.83. The van der Waals surface area contributed by atoms with Gasteiger partial charge < -0.3 is 10.5 Å². The van der Waals surface area contributed by atoms with Gasteiger partial charge in [-0.3, -0.25) is 0 Å². The Bertz CT molecular complexity index is 376. The number of hydrogen-bond acceptors (Lipinski definition) is 3. The summed E-state index contributed by atoms with van der Waals surface area (Å²) in [6.07, 6.45) is 2.59. The van der Waals surface area contributed by atoms with Crippen LogP contribution in [-0.4, -0.2) is 17.6 Å². The van der Waals surface area contributed by atoms with Crippen LogP contribution >= 0.6 is 11.8 Å². The van der Waals surface area contributed by atoms with Crippen molar-refractivity contribution in [3.8, 4) is 5.75 Å². The Morgan fingerprint density at radius 1 is 1.31 bits per heavy atom. The highest BCUT2D eigenvalue weighted by molar-refractivity contribution is 7.99. The molecule has 0 aromatic heterocycles. The highest BCUT2D eigenvalue weighted by Gasteiger charge is 2.33. The molecule has 0 saturated carbocycles. The van der Waals surface area contributed by atoms with E-state index in [2.05, 4.69) is 6.07 Å². The maximum atomic E-state index is 6.22. The Labute approximate surface area is 101 Å². The molecule has 0 spiro atoms. The van der Waals surface area contributed by atoms with Gasteiger partial charge in [0.1, 0.15) is 11.9 Å². The van der Waals surface area contributed by atoms with E-state index < -0.39 is 0 Å². The lowest BCUT2D eigenvalue weighted by atomic mass is 9.90. The molecule has 2 aliphatic heterocycles. The third-order valence-corrected chi connectivity index (χ3v) is 4.76. The number of hydrogen-bond donors (Lipinski definition) is 1. The van der Waals surface area contributed by atoms with Crippen molar-refractivity contribution in [2.75, 3.05) is 11.5 Å².